The summed E-state index contributed by atoms with van der Waals surface area (Å²) in [7, 11) is 1.32. The second-order valence-corrected chi connectivity index (χ2v) is 3.94. The van der Waals surface area contributed by atoms with Gasteiger partial charge in [-0.3, -0.25) is 9.59 Å². The third kappa shape index (κ3) is 6.30. The molecule has 0 bridgehead atoms. The monoisotopic (exact) mass is 244 g/mol. The van der Waals surface area contributed by atoms with Gasteiger partial charge in [0.2, 0.25) is 5.91 Å². The molecule has 0 saturated carbocycles. The van der Waals surface area contributed by atoms with E-state index < -0.39 is 0 Å². The summed E-state index contributed by atoms with van der Waals surface area (Å²) >= 11 is 1.28. The van der Waals surface area contributed by atoms with Gasteiger partial charge in [0.1, 0.15) is 0 Å². The van der Waals surface area contributed by atoms with E-state index >= 15 is 0 Å². The van der Waals surface area contributed by atoms with Gasteiger partial charge in [0, 0.05) is 13.1 Å². The molecule has 0 aromatic heterocycles. The van der Waals surface area contributed by atoms with E-state index in [0.717, 1.165) is 0 Å². The lowest BCUT2D eigenvalue weighted by molar-refractivity contribution is -0.141. The van der Waals surface area contributed by atoms with Crippen molar-refractivity contribution in [3.63, 3.8) is 0 Å². The Hall–Kier alpha value is -1.22. The molecule has 0 fully saturated rings. The lowest BCUT2D eigenvalue weighted by atomic mass is 10.3. The van der Waals surface area contributed by atoms with Crippen molar-refractivity contribution in [2.24, 2.45) is 0 Å². The van der Waals surface area contributed by atoms with Gasteiger partial charge in [-0.2, -0.15) is 5.26 Å². The van der Waals surface area contributed by atoms with Crippen LogP contribution in [0.15, 0.2) is 0 Å². The first-order valence-electron chi connectivity index (χ1n) is 4.95. The van der Waals surface area contributed by atoms with E-state index in [1.54, 1.807) is 4.90 Å². The van der Waals surface area contributed by atoms with Crippen molar-refractivity contribution in [2.45, 2.75) is 13.3 Å². The smallest absolute Gasteiger partial charge is 0.307 e. The Morgan fingerprint density at radius 3 is 2.69 bits per heavy atom. The number of ether oxygens (including phenoxy) is 1. The van der Waals surface area contributed by atoms with Crippen LogP contribution in [0.4, 0.5) is 0 Å². The molecule has 0 aliphatic rings. The van der Waals surface area contributed by atoms with Crippen molar-refractivity contribution in [2.75, 3.05) is 31.7 Å². The SMILES string of the molecule is CCN(CCC(=O)OC)C(=O)CSCC#N. The van der Waals surface area contributed by atoms with Gasteiger partial charge < -0.3 is 9.64 Å². The summed E-state index contributed by atoms with van der Waals surface area (Å²) < 4.78 is 4.50. The second kappa shape index (κ2) is 9.04. The zero-order valence-corrected chi connectivity index (χ0v) is 10.4. The largest absolute Gasteiger partial charge is 0.469 e. The summed E-state index contributed by atoms with van der Waals surface area (Å²) in [5.74, 6) is 0.214. The predicted octanol–water partition coefficient (Wildman–Crippen LogP) is 0.655. The van der Waals surface area contributed by atoms with Crippen LogP contribution in [0.25, 0.3) is 0 Å². The molecule has 0 aliphatic heterocycles. The van der Waals surface area contributed by atoms with Crippen LogP contribution >= 0.6 is 11.8 Å². The molecule has 0 aromatic carbocycles. The van der Waals surface area contributed by atoms with Crippen LogP contribution in [0.3, 0.4) is 0 Å². The molecule has 0 N–H and O–H groups in total. The number of hydrogen-bond acceptors (Lipinski definition) is 5. The molecule has 0 aromatic rings. The number of hydrogen-bond donors (Lipinski definition) is 0. The van der Waals surface area contributed by atoms with E-state index in [9.17, 15) is 9.59 Å². The molecule has 0 aliphatic carbocycles. The van der Waals surface area contributed by atoms with Gasteiger partial charge in [-0.15, -0.1) is 11.8 Å². The topological polar surface area (TPSA) is 70.4 Å². The Labute approximate surface area is 99.7 Å². The summed E-state index contributed by atoms with van der Waals surface area (Å²) in [6.07, 6.45) is 0.207. The Morgan fingerprint density at radius 2 is 2.19 bits per heavy atom. The number of rotatable bonds is 7. The summed E-state index contributed by atoms with van der Waals surface area (Å²) in [6, 6.07) is 1.96. The Balaban J connectivity index is 3.93. The maximum absolute atomic E-state index is 11.6. The number of carbonyl (C=O) groups is 2. The van der Waals surface area contributed by atoms with Crippen LogP contribution in [-0.2, 0) is 14.3 Å². The van der Waals surface area contributed by atoms with E-state index in [1.807, 2.05) is 13.0 Å². The van der Waals surface area contributed by atoms with Crippen molar-refractivity contribution < 1.29 is 14.3 Å². The number of amides is 1. The molecule has 6 heteroatoms. The Bertz CT molecular complexity index is 276. The summed E-state index contributed by atoms with van der Waals surface area (Å²) in [5.41, 5.74) is 0. The fourth-order valence-corrected chi connectivity index (χ4v) is 1.61. The lowest BCUT2D eigenvalue weighted by Crippen LogP contribution is -2.34. The minimum atomic E-state index is -0.323. The van der Waals surface area contributed by atoms with Crippen LogP contribution in [0.2, 0.25) is 0 Å². The van der Waals surface area contributed by atoms with Gasteiger partial charge in [0.15, 0.2) is 0 Å². The molecule has 0 spiro atoms. The minimum Gasteiger partial charge on any atom is -0.469 e. The molecular weight excluding hydrogens is 228 g/mol. The summed E-state index contributed by atoms with van der Waals surface area (Å²) in [4.78, 5) is 24.1. The highest BCUT2D eigenvalue weighted by molar-refractivity contribution is 8.00. The molecule has 0 heterocycles. The average molecular weight is 244 g/mol. The van der Waals surface area contributed by atoms with E-state index in [2.05, 4.69) is 4.74 Å². The molecular formula is C10H16N2O3S. The summed E-state index contributed by atoms with van der Waals surface area (Å²) in [6.45, 7) is 2.78. The third-order valence-corrected chi connectivity index (χ3v) is 2.72. The first-order chi connectivity index (χ1) is 7.65. The van der Waals surface area contributed by atoms with E-state index in [1.165, 1.54) is 18.9 Å². The van der Waals surface area contributed by atoms with E-state index in [0.29, 0.717) is 18.8 Å². The van der Waals surface area contributed by atoms with Crippen LogP contribution < -0.4 is 0 Å². The molecule has 0 unspecified atom stereocenters. The van der Waals surface area contributed by atoms with Crippen molar-refractivity contribution in [1.82, 2.24) is 4.90 Å². The number of esters is 1. The van der Waals surface area contributed by atoms with Gasteiger partial charge in [-0.05, 0) is 6.92 Å². The molecule has 0 radical (unpaired) electrons. The fraction of sp³-hybridized carbons (Fsp3) is 0.700. The fourth-order valence-electron chi connectivity index (χ4n) is 1.06. The second-order valence-electron chi connectivity index (χ2n) is 2.95. The first kappa shape index (κ1) is 14.8. The molecule has 5 nitrogen and oxygen atoms in total. The maximum Gasteiger partial charge on any atom is 0.307 e. The normalized spacial score (nSPS) is 9.31. The van der Waals surface area contributed by atoms with Crippen molar-refractivity contribution >= 4 is 23.6 Å². The van der Waals surface area contributed by atoms with Crippen molar-refractivity contribution in [3.8, 4) is 6.07 Å². The molecule has 16 heavy (non-hydrogen) atoms. The number of thioether (sulfide) groups is 1. The first-order valence-corrected chi connectivity index (χ1v) is 6.10. The molecule has 1 amide bonds. The van der Waals surface area contributed by atoms with Gasteiger partial charge in [-0.1, -0.05) is 0 Å². The minimum absolute atomic E-state index is 0.0494. The number of nitriles is 1. The van der Waals surface area contributed by atoms with Crippen molar-refractivity contribution in [1.29, 1.82) is 5.26 Å². The van der Waals surface area contributed by atoms with Crippen molar-refractivity contribution in [3.05, 3.63) is 0 Å². The zero-order chi connectivity index (χ0) is 12.4. The quantitative estimate of drug-likeness (QED) is 0.486. The third-order valence-electron chi connectivity index (χ3n) is 1.94. The Kier molecular flexibility index (Phi) is 8.35. The molecule has 0 saturated heterocycles. The van der Waals surface area contributed by atoms with E-state index in [-0.39, 0.29) is 24.1 Å². The Morgan fingerprint density at radius 1 is 1.50 bits per heavy atom. The van der Waals surface area contributed by atoms with Crippen LogP contribution in [-0.4, -0.2) is 48.5 Å². The lowest BCUT2D eigenvalue weighted by Gasteiger charge is -2.19. The van der Waals surface area contributed by atoms with Gasteiger partial charge in [-0.25, -0.2) is 0 Å². The van der Waals surface area contributed by atoms with Gasteiger partial charge in [0.25, 0.3) is 0 Å². The molecule has 0 atom stereocenters. The number of carbonyl (C=O) groups excluding carboxylic acids is 2. The molecule has 90 valence electrons. The maximum atomic E-state index is 11.6. The zero-order valence-electron chi connectivity index (χ0n) is 9.56. The number of nitrogens with zero attached hydrogens (tertiary/aromatic N) is 2. The number of methoxy groups -OCH3 is 1. The van der Waals surface area contributed by atoms with Gasteiger partial charge >= 0.3 is 5.97 Å². The van der Waals surface area contributed by atoms with E-state index in [4.69, 9.17) is 5.26 Å². The van der Waals surface area contributed by atoms with Crippen LogP contribution in [0, 0.1) is 11.3 Å². The predicted molar refractivity (Wildman–Crippen MR) is 61.8 cm³/mol. The highest BCUT2D eigenvalue weighted by Crippen LogP contribution is 2.03. The highest BCUT2D eigenvalue weighted by atomic mass is 32.2. The standard InChI is InChI=1S/C10H16N2O3S/c1-3-12(6-4-10(14)15-2)9(13)8-16-7-5-11/h3-4,6-8H2,1-2H3. The highest BCUT2D eigenvalue weighted by Gasteiger charge is 2.13. The van der Waals surface area contributed by atoms with Crippen LogP contribution in [0.5, 0.6) is 0 Å². The average Bonchev–Trinajstić information content (AvgIpc) is 2.29. The van der Waals surface area contributed by atoms with Crippen LogP contribution in [0.1, 0.15) is 13.3 Å². The summed E-state index contributed by atoms with van der Waals surface area (Å²) in [5, 5.41) is 8.33. The molecule has 0 rings (SSSR count). The van der Waals surface area contributed by atoms with Gasteiger partial charge in [0.05, 0.1) is 31.1 Å².